The molecule has 1 aromatic heterocycles. The largest absolute Gasteiger partial charge is 0.377 e. The Bertz CT molecular complexity index is 1220. The second kappa shape index (κ2) is 7.45. The Morgan fingerprint density at radius 3 is 1.94 bits per heavy atom. The first-order valence-electron chi connectivity index (χ1n) is 10.6. The van der Waals surface area contributed by atoms with Crippen LogP contribution in [0.1, 0.15) is 46.1 Å². The van der Waals surface area contributed by atoms with E-state index in [1.54, 1.807) is 4.79 Å². The number of hydrogen-bond donors (Lipinski definition) is 0. The Morgan fingerprint density at radius 1 is 0.806 bits per heavy atom. The minimum Gasteiger partial charge on any atom is -0.377 e. The monoisotopic (exact) mass is 414 g/mol. The minimum absolute atomic E-state index is 0.675. The highest BCUT2D eigenvalue weighted by molar-refractivity contribution is 6.48. The van der Waals surface area contributed by atoms with Crippen LogP contribution in [0, 0.1) is 41.5 Å². The van der Waals surface area contributed by atoms with Crippen LogP contribution >= 0.6 is 0 Å². The Labute approximate surface area is 184 Å². The van der Waals surface area contributed by atoms with Crippen LogP contribution in [0.4, 0.5) is 11.4 Å². The number of anilines is 1. The summed E-state index contributed by atoms with van der Waals surface area (Å²) in [5.74, 6) is 1.37. The van der Waals surface area contributed by atoms with Crippen molar-refractivity contribution in [1.29, 1.82) is 0 Å². The Kier molecular flexibility index (Phi) is 5.04. The van der Waals surface area contributed by atoms with Gasteiger partial charge in [0.1, 0.15) is 5.71 Å². The van der Waals surface area contributed by atoms with Crippen LogP contribution in [0.3, 0.4) is 0 Å². The molecule has 1 aliphatic heterocycles. The molecule has 0 saturated heterocycles. The van der Waals surface area contributed by atoms with Crippen LogP contribution in [-0.4, -0.2) is 40.4 Å². The molecule has 0 aliphatic carbocycles. The van der Waals surface area contributed by atoms with Gasteiger partial charge in [-0.2, -0.15) is 5.10 Å². The fraction of sp³-hybridized carbons (Fsp3) is 0.360. The number of nitrogens with zero attached hydrogens (tertiary/aromatic N) is 6. The number of rotatable bonds is 3. The van der Waals surface area contributed by atoms with Crippen molar-refractivity contribution in [3.63, 3.8) is 0 Å². The summed E-state index contributed by atoms with van der Waals surface area (Å²) in [6.45, 7) is 14.7. The molecule has 0 N–H and O–H groups in total. The fourth-order valence-electron chi connectivity index (χ4n) is 4.45. The van der Waals surface area contributed by atoms with Crippen molar-refractivity contribution >= 4 is 22.8 Å². The second-order valence-electron chi connectivity index (χ2n) is 8.76. The van der Waals surface area contributed by atoms with Gasteiger partial charge in [-0.3, -0.25) is 0 Å². The van der Waals surface area contributed by atoms with Crippen molar-refractivity contribution in [3.05, 3.63) is 57.4 Å². The standard InChI is InChI=1S/C25H30N6/c1-13-10-14(2)12-20(11-13)24-27-25-22(19(7)28-31(25)29-24)26-21-15(3)17(5)23(30(8)9)18(6)16(21)4/h10-12H,1-9H3. The molecule has 31 heavy (non-hydrogen) atoms. The van der Waals surface area contributed by atoms with Gasteiger partial charge in [-0.15, -0.1) is 9.89 Å². The smallest absolute Gasteiger partial charge is 0.204 e. The molecule has 4 rings (SSSR count). The summed E-state index contributed by atoms with van der Waals surface area (Å²) < 4.78 is 0. The van der Waals surface area contributed by atoms with E-state index < -0.39 is 0 Å². The van der Waals surface area contributed by atoms with Crippen LogP contribution < -0.4 is 4.90 Å². The van der Waals surface area contributed by atoms with Crippen LogP contribution in [0.25, 0.3) is 11.4 Å². The number of aliphatic imine (C=N–C) groups is 1. The lowest BCUT2D eigenvalue weighted by atomic mass is 9.95. The summed E-state index contributed by atoms with van der Waals surface area (Å²) in [5, 5.41) is 9.22. The maximum absolute atomic E-state index is 5.09. The Hall–Kier alpha value is -3.28. The summed E-state index contributed by atoms with van der Waals surface area (Å²) in [5.41, 5.74) is 12.1. The SMILES string of the molecule is CC1=Nn2nc(-c3cc(C)cc(C)c3)nc2C1=Nc1c(C)c(C)c(N(C)C)c(C)c1C. The third-order valence-electron chi connectivity index (χ3n) is 6.09. The molecule has 0 amide bonds. The fourth-order valence-corrected chi connectivity index (χ4v) is 4.45. The average molecular weight is 415 g/mol. The van der Waals surface area contributed by atoms with Gasteiger partial charge in [0.05, 0.1) is 11.4 Å². The molecule has 0 saturated carbocycles. The first-order valence-corrected chi connectivity index (χ1v) is 10.6. The molecule has 0 bridgehead atoms. The van der Waals surface area contributed by atoms with E-state index in [9.17, 15) is 0 Å². The molecule has 0 fully saturated rings. The first-order chi connectivity index (χ1) is 14.6. The predicted octanol–water partition coefficient (Wildman–Crippen LogP) is 5.22. The van der Waals surface area contributed by atoms with Gasteiger partial charge in [-0.05, 0) is 82.9 Å². The second-order valence-corrected chi connectivity index (χ2v) is 8.76. The molecule has 6 nitrogen and oxygen atoms in total. The highest BCUT2D eigenvalue weighted by Gasteiger charge is 2.26. The summed E-state index contributed by atoms with van der Waals surface area (Å²) in [7, 11) is 4.18. The van der Waals surface area contributed by atoms with Crippen molar-refractivity contribution in [1.82, 2.24) is 14.9 Å². The molecule has 0 unspecified atom stereocenters. The summed E-state index contributed by atoms with van der Waals surface area (Å²) in [6, 6.07) is 6.36. The van der Waals surface area contributed by atoms with E-state index in [0.29, 0.717) is 11.6 Å². The van der Waals surface area contributed by atoms with Crippen LogP contribution in [0.15, 0.2) is 28.3 Å². The van der Waals surface area contributed by atoms with Gasteiger partial charge in [0.25, 0.3) is 0 Å². The molecule has 6 heteroatoms. The molecular weight excluding hydrogens is 384 g/mol. The van der Waals surface area contributed by atoms with E-state index in [4.69, 9.17) is 9.98 Å². The van der Waals surface area contributed by atoms with Crippen LogP contribution in [0.5, 0.6) is 0 Å². The topological polar surface area (TPSA) is 58.7 Å². The van der Waals surface area contributed by atoms with E-state index in [0.717, 1.165) is 22.7 Å². The van der Waals surface area contributed by atoms with Crippen molar-refractivity contribution < 1.29 is 0 Å². The van der Waals surface area contributed by atoms with Crippen molar-refractivity contribution in [2.75, 3.05) is 19.0 Å². The number of hydrogen-bond acceptors (Lipinski definition) is 5. The minimum atomic E-state index is 0.675. The van der Waals surface area contributed by atoms with E-state index in [1.165, 1.54) is 39.1 Å². The molecule has 0 spiro atoms. The summed E-state index contributed by atoms with van der Waals surface area (Å²) in [6.07, 6.45) is 0. The number of benzene rings is 2. The van der Waals surface area contributed by atoms with Gasteiger partial charge < -0.3 is 4.90 Å². The lowest BCUT2D eigenvalue weighted by molar-refractivity contribution is 0.747. The molecule has 2 heterocycles. The van der Waals surface area contributed by atoms with E-state index >= 15 is 0 Å². The zero-order valence-corrected chi connectivity index (χ0v) is 19.9. The van der Waals surface area contributed by atoms with Crippen LogP contribution in [0.2, 0.25) is 0 Å². The molecular formula is C25H30N6. The highest BCUT2D eigenvalue weighted by Crippen LogP contribution is 2.37. The number of aryl methyl sites for hydroxylation is 2. The number of fused-ring (bicyclic) bond motifs is 1. The van der Waals surface area contributed by atoms with Gasteiger partial charge in [0.2, 0.25) is 5.82 Å². The lowest BCUT2D eigenvalue weighted by Crippen LogP contribution is -2.14. The molecule has 0 radical (unpaired) electrons. The number of aromatic nitrogens is 3. The highest BCUT2D eigenvalue weighted by atomic mass is 15.6. The molecule has 1 aliphatic rings. The van der Waals surface area contributed by atoms with E-state index in [2.05, 4.69) is 88.9 Å². The summed E-state index contributed by atoms with van der Waals surface area (Å²) in [4.78, 5) is 13.7. The quantitative estimate of drug-likeness (QED) is 0.590. The predicted molar refractivity (Wildman–Crippen MR) is 129 cm³/mol. The normalized spacial score (nSPS) is 14.2. The van der Waals surface area contributed by atoms with Crippen LogP contribution in [-0.2, 0) is 0 Å². The zero-order chi connectivity index (χ0) is 22.6. The van der Waals surface area contributed by atoms with Gasteiger partial charge in [0.15, 0.2) is 5.82 Å². The third-order valence-corrected chi connectivity index (χ3v) is 6.09. The van der Waals surface area contributed by atoms with Gasteiger partial charge in [-0.1, -0.05) is 17.2 Å². The molecule has 0 atom stereocenters. The molecule has 3 aromatic rings. The first kappa shape index (κ1) is 21.0. The maximum Gasteiger partial charge on any atom is 0.204 e. The zero-order valence-electron chi connectivity index (χ0n) is 19.9. The Balaban J connectivity index is 1.86. The third kappa shape index (κ3) is 3.46. The molecule has 160 valence electrons. The average Bonchev–Trinajstić information content (AvgIpc) is 3.20. The van der Waals surface area contributed by atoms with E-state index in [-0.39, 0.29) is 0 Å². The Morgan fingerprint density at radius 2 is 1.39 bits per heavy atom. The maximum atomic E-state index is 5.09. The van der Waals surface area contributed by atoms with Crippen molar-refractivity contribution in [2.45, 2.75) is 48.5 Å². The van der Waals surface area contributed by atoms with Gasteiger partial charge in [0, 0.05) is 25.3 Å². The molecule has 2 aromatic carbocycles. The van der Waals surface area contributed by atoms with E-state index in [1.807, 2.05) is 6.92 Å². The lowest BCUT2D eigenvalue weighted by Gasteiger charge is -2.24. The van der Waals surface area contributed by atoms with Crippen molar-refractivity contribution in [3.8, 4) is 11.4 Å². The van der Waals surface area contributed by atoms with Crippen molar-refractivity contribution in [2.24, 2.45) is 10.1 Å². The van der Waals surface area contributed by atoms with Gasteiger partial charge in [-0.25, -0.2) is 9.98 Å². The van der Waals surface area contributed by atoms with Gasteiger partial charge >= 0.3 is 0 Å². The summed E-state index contributed by atoms with van der Waals surface area (Å²) >= 11 is 0.